The van der Waals surface area contributed by atoms with Crippen LogP contribution in [0.4, 0.5) is 23.7 Å². The van der Waals surface area contributed by atoms with E-state index in [0.29, 0.717) is 25.0 Å². The van der Waals surface area contributed by atoms with Gasteiger partial charge in [0.15, 0.2) is 27.3 Å². The number of hydrogen-bond acceptors (Lipinski definition) is 7. The second-order valence-corrected chi connectivity index (χ2v) is 14.1. The maximum absolute atomic E-state index is 13.9. The maximum Gasteiger partial charge on any atom is 0.407 e. The molecule has 15 heteroatoms. The van der Waals surface area contributed by atoms with Crippen LogP contribution in [0.25, 0.3) is 0 Å². The van der Waals surface area contributed by atoms with E-state index in [1.54, 1.807) is 13.8 Å². The third-order valence-electron chi connectivity index (χ3n) is 8.22. The Hall–Kier alpha value is -3.36. The summed E-state index contributed by atoms with van der Waals surface area (Å²) in [7, 11) is -2.97. The zero-order valence-corrected chi connectivity index (χ0v) is 25.7. The lowest BCUT2D eigenvalue weighted by molar-refractivity contribution is -0.126. The summed E-state index contributed by atoms with van der Waals surface area (Å²) in [5.41, 5.74) is -1.94. The van der Waals surface area contributed by atoms with Crippen molar-refractivity contribution in [2.75, 3.05) is 19.0 Å². The standard InChI is InChI=1S/C29H33ClF3N3O7S/c1-14(2)24(36-28(39)43-3)27(38)34-13-29(40)11-16-4-5-17(12-29)25(16)44(41,42)22-8-15(6-7-19(22)30)26(37)35-18-9-20(31)23(33)21(32)10-18/h6-10,14,16-17,24-25,40H,4-5,11-13H2,1-3H3,(H,34,38)(H,35,37)(H,36,39)/t16?,17?,24-,25?,29?/m0/s1. The van der Waals surface area contributed by atoms with E-state index in [-0.39, 0.29) is 46.5 Å². The van der Waals surface area contributed by atoms with E-state index >= 15 is 0 Å². The van der Waals surface area contributed by atoms with Crippen molar-refractivity contribution >= 4 is 45.0 Å². The third-order valence-corrected chi connectivity index (χ3v) is 11.1. The van der Waals surface area contributed by atoms with E-state index in [1.165, 1.54) is 19.2 Å². The number of fused-ring (bicyclic) bond motifs is 2. The van der Waals surface area contributed by atoms with Gasteiger partial charge >= 0.3 is 6.09 Å². The van der Waals surface area contributed by atoms with Gasteiger partial charge in [0.25, 0.3) is 5.91 Å². The molecule has 3 atom stereocenters. The molecule has 2 aromatic carbocycles. The number of benzene rings is 2. The molecule has 0 radical (unpaired) electrons. The first-order chi connectivity index (χ1) is 20.6. The van der Waals surface area contributed by atoms with Gasteiger partial charge in [0.2, 0.25) is 5.91 Å². The molecule has 0 heterocycles. The van der Waals surface area contributed by atoms with Gasteiger partial charge in [-0.1, -0.05) is 25.4 Å². The highest BCUT2D eigenvalue weighted by molar-refractivity contribution is 7.92. The van der Waals surface area contributed by atoms with Crippen LogP contribution in [0, 0.1) is 35.2 Å². The number of alkyl carbamates (subject to hydrolysis) is 1. The van der Waals surface area contributed by atoms with E-state index in [4.69, 9.17) is 11.6 Å². The summed E-state index contributed by atoms with van der Waals surface area (Å²) in [6.45, 7) is 3.31. The second-order valence-electron chi connectivity index (χ2n) is 11.7. The molecule has 10 nitrogen and oxygen atoms in total. The monoisotopic (exact) mass is 659 g/mol. The lowest BCUT2D eigenvalue weighted by atomic mass is 9.77. The molecule has 240 valence electrons. The van der Waals surface area contributed by atoms with Crippen LogP contribution < -0.4 is 16.0 Å². The van der Waals surface area contributed by atoms with Crippen molar-refractivity contribution in [3.8, 4) is 0 Å². The molecule has 2 aliphatic rings. The molecule has 2 aliphatic carbocycles. The van der Waals surface area contributed by atoms with Crippen molar-refractivity contribution in [2.24, 2.45) is 17.8 Å². The van der Waals surface area contributed by atoms with E-state index in [2.05, 4.69) is 20.7 Å². The minimum absolute atomic E-state index is 0.0734. The highest BCUT2D eigenvalue weighted by Gasteiger charge is 2.54. The number of aliphatic hydroxyl groups is 1. The van der Waals surface area contributed by atoms with Crippen molar-refractivity contribution in [3.05, 3.63) is 58.4 Å². The number of amides is 3. The average Bonchev–Trinajstić information content (AvgIpc) is 3.26. The first-order valence-electron chi connectivity index (χ1n) is 13.9. The zero-order valence-electron chi connectivity index (χ0n) is 24.1. The summed E-state index contributed by atoms with van der Waals surface area (Å²) in [5, 5.41) is 17.7. The molecule has 0 aliphatic heterocycles. The predicted octanol–water partition coefficient (Wildman–Crippen LogP) is 4.20. The van der Waals surface area contributed by atoms with Gasteiger partial charge in [-0.05, 0) is 61.6 Å². The first kappa shape index (κ1) is 33.5. The van der Waals surface area contributed by atoms with Crippen LogP contribution in [0.5, 0.6) is 0 Å². The fourth-order valence-corrected chi connectivity index (χ4v) is 9.05. The summed E-state index contributed by atoms with van der Waals surface area (Å²) < 4.78 is 72.9. The molecule has 2 bridgehead atoms. The largest absolute Gasteiger partial charge is 0.453 e. The number of nitrogens with one attached hydrogen (secondary N) is 3. The van der Waals surface area contributed by atoms with Crippen molar-refractivity contribution < 1.29 is 45.8 Å². The molecular formula is C29H33ClF3N3O7S. The maximum atomic E-state index is 13.9. The van der Waals surface area contributed by atoms with Crippen LogP contribution in [0.15, 0.2) is 35.2 Å². The number of rotatable bonds is 9. The van der Waals surface area contributed by atoms with Gasteiger partial charge in [-0.2, -0.15) is 0 Å². The summed E-state index contributed by atoms with van der Waals surface area (Å²) in [6, 6.07) is 3.80. The second kappa shape index (κ2) is 12.9. The Labute approximate surface area is 257 Å². The number of carbonyl (C=O) groups excluding carboxylic acids is 3. The van der Waals surface area contributed by atoms with Crippen LogP contribution in [0.3, 0.4) is 0 Å². The summed E-state index contributed by atoms with van der Waals surface area (Å²) in [5.74, 6) is -7.37. The molecule has 4 rings (SSSR count). The predicted molar refractivity (Wildman–Crippen MR) is 154 cm³/mol. The quantitative estimate of drug-likeness (QED) is 0.295. The Morgan fingerprint density at radius 2 is 1.66 bits per heavy atom. The van der Waals surface area contributed by atoms with Crippen molar-refractivity contribution in [2.45, 2.75) is 61.3 Å². The van der Waals surface area contributed by atoms with E-state index in [0.717, 1.165) is 6.07 Å². The molecule has 0 saturated heterocycles. The van der Waals surface area contributed by atoms with Crippen LogP contribution in [-0.4, -0.2) is 62.0 Å². The van der Waals surface area contributed by atoms with Gasteiger partial charge < -0.3 is 25.8 Å². The smallest absolute Gasteiger partial charge is 0.407 e. The number of carbonyl (C=O) groups is 3. The first-order valence-corrected chi connectivity index (χ1v) is 15.8. The fourth-order valence-electron chi connectivity index (χ4n) is 6.21. The van der Waals surface area contributed by atoms with Gasteiger partial charge in [0.1, 0.15) is 6.04 Å². The molecule has 0 aromatic heterocycles. The van der Waals surface area contributed by atoms with Crippen molar-refractivity contribution in [1.82, 2.24) is 10.6 Å². The van der Waals surface area contributed by atoms with Crippen molar-refractivity contribution in [3.63, 3.8) is 0 Å². The third kappa shape index (κ3) is 6.97. The van der Waals surface area contributed by atoms with E-state index in [9.17, 15) is 41.1 Å². The number of anilines is 1. The number of halogens is 4. The molecule has 3 amide bonds. The molecular weight excluding hydrogens is 627 g/mol. The highest BCUT2D eigenvalue weighted by Crippen LogP contribution is 2.51. The van der Waals surface area contributed by atoms with Gasteiger partial charge in [0, 0.05) is 29.9 Å². The van der Waals surface area contributed by atoms with E-state index in [1.807, 2.05) is 0 Å². The van der Waals surface area contributed by atoms with Gasteiger partial charge in [-0.3, -0.25) is 9.59 Å². The summed E-state index contributed by atoms with van der Waals surface area (Å²) in [4.78, 5) is 37.0. The fraction of sp³-hybridized carbons (Fsp3) is 0.483. The Balaban J connectivity index is 1.49. The van der Waals surface area contributed by atoms with Crippen LogP contribution in [0.2, 0.25) is 5.02 Å². The summed E-state index contributed by atoms with van der Waals surface area (Å²) >= 11 is 6.29. The molecule has 2 unspecified atom stereocenters. The Bertz CT molecular complexity index is 1540. The molecule has 4 N–H and O–H groups in total. The number of methoxy groups -OCH3 is 1. The molecule has 2 aromatic rings. The van der Waals surface area contributed by atoms with Gasteiger partial charge in [-0.15, -0.1) is 0 Å². The van der Waals surface area contributed by atoms with Gasteiger partial charge in [-0.25, -0.2) is 26.4 Å². The highest BCUT2D eigenvalue weighted by atomic mass is 35.5. The average molecular weight is 660 g/mol. The number of ether oxygens (including phenoxy) is 1. The minimum atomic E-state index is -4.14. The SMILES string of the molecule is COC(=O)N[C@H](C(=O)NCC1(O)CC2CCC(C1)C2S(=O)(=O)c1cc(C(=O)Nc2cc(F)c(F)c(F)c2)ccc1Cl)C(C)C. The zero-order chi connectivity index (χ0) is 32.6. The minimum Gasteiger partial charge on any atom is -0.453 e. The number of hydrogen-bond donors (Lipinski definition) is 4. The molecule has 0 spiro atoms. The molecule has 2 saturated carbocycles. The topological polar surface area (TPSA) is 151 Å². The van der Waals surface area contributed by atoms with Gasteiger partial charge in [0.05, 0.1) is 27.9 Å². The lowest BCUT2D eigenvalue weighted by Crippen LogP contribution is -2.55. The van der Waals surface area contributed by atoms with Crippen LogP contribution in [0.1, 0.15) is 49.9 Å². The van der Waals surface area contributed by atoms with Crippen LogP contribution in [-0.2, 0) is 19.4 Å². The lowest BCUT2D eigenvalue weighted by Gasteiger charge is -2.41. The van der Waals surface area contributed by atoms with Crippen LogP contribution >= 0.6 is 11.6 Å². The van der Waals surface area contributed by atoms with E-state index < -0.39 is 73.9 Å². The van der Waals surface area contributed by atoms with Crippen molar-refractivity contribution in [1.29, 1.82) is 0 Å². The Morgan fingerprint density at radius 3 is 2.20 bits per heavy atom. The Morgan fingerprint density at radius 1 is 1.07 bits per heavy atom. The molecule has 2 fully saturated rings. The Kier molecular flexibility index (Phi) is 9.86. The summed E-state index contributed by atoms with van der Waals surface area (Å²) in [6.07, 6.45) is 0.374. The normalized spacial score (nSPS) is 23.6. The molecule has 44 heavy (non-hydrogen) atoms. The number of sulfone groups is 1.